The zero-order valence-corrected chi connectivity index (χ0v) is 15.3. The van der Waals surface area contributed by atoms with Crippen LogP contribution in [0.25, 0.3) is 0 Å². The monoisotopic (exact) mass is 340 g/mol. The summed E-state index contributed by atoms with van der Waals surface area (Å²) in [5.41, 5.74) is 0. The summed E-state index contributed by atoms with van der Waals surface area (Å²) in [4.78, 5) is 21.1. The Labute approximate surface area is 144 Å². The van der Waals surface area contributed by atoms with Gasteiger partial charge in [0.15, 0.2) is 0 Å². The van der Waals surface area contributed by atoms with Crippen LogP contribution in [-0.2, 0) is 17.8 Å². The average Bonchev–Trinajstić information content (AvgIpc) is 2.90. The lowest BCUT2D eigenvalue weighted by atomic mass is 10.0. The first-order chi connectivity index (χ1) is 11.0. The number of aromatic nitrogens is 2. The Bertz CT molecular complexity index is 507. The van der Waals surface area contributed by atoms with Crippen molar-refractivity contribution in [3.05, 3.63) is 17.2 Å². The minimum atomic E-state index is 0.239. The maximum atomic E-state index is 12.4. The Kier molecular flexibility index (Phi) is 6.90. The van der Waals surface area contributed by atoms with Gasteiger partial charge in [-0.3, -0.25) is 4.79 Å². The Morgan fingerprint density at radius 2 is 2.09 bits per heavy atom. The van der Waals surface area contributed by atoms with E-state index in [-0.39, 0.29) is 5.91 Å². The molecule has 0 aromatic carbocycles. The number of piperidine rings is 1. The molecule has 1 aromatic rings. The van der Waals surface area contributed by atoms with E-state index < -0.39 is 0 Å². The number of carbonyl (C=O) groups is 1. The Balaban J connectivity index is 1.83. The summed E-state index contributed by atoms with van der Waals surface area (Å²) in [6.07, 6.45) is 7.21. The van der Waals surface area contributed by atoms with Crippen LogP contribution >= 0.6 is 11.6 Å². The fourth-order valence-electron chi connectivity index (χ4n) is 3.15. The lowest BCUT2D eigenvalue weighted by Gasteiger charge is -2.35. The Hall–Kier alpha value is -1.07. The third-order valence-electron chi connectivity index (χ3n) is 4.73. The van der Waals surface area contributed by atoms with Crippen LogP contribution in [0.1, 0.15) is 44.9 Å². The van der Waals surface area contributed by atoms with Crippen LogP contribution in [0.5, 0.6) is 0 Å². The summed E-state index contributed by atoms with van der Waals surface area (Å²) >= 11 is 6.19. The topological polar surface area (TPSA) is 41.4 Å². The van der Waals surface area contributed by atoms with E-state index in [1.54, 1.807) is 6.20 Å². The van der Waals surface area contributed by atoms with Crippen molar-refractivity contribution in [2.45, 2.75) is 58.0 Å². The third kappa shape index (κ3) is 4.95. The lowest BCUT2D eigenvalue weighted by Crippen LogP contribution is -2.44. The van der Waals surface area contributed by atoms with Crippen molar-refractivity contribution in [3.63, 3.8) is 0 Å². The number of hydrogen-bond acceptors (Lipinski definition) is 3. The first-order valence-corrected chi connectivity index (χ1v) is 9.04. The number of amides is 1. The Morgan fingerprint density at radius 1 is 1.39 bits per heavy atom. The summed E-state index contributed by atoms with van der Waals surface area (Å²) in [6, 6.07) is 0.603. The zero-order valence-electron chi connectivity index (χ0n) is 14.6. The highest BCUT2D eigenvalue weighted by molar-refractivity contribution is 6.29. The van der Waals surface area contributed by atoms with Crippen LogP contribution < -0.4 is 0 Å². The molecule has 6 heteroatoms. The van der Waals surface area contributed by atoms with Gasteiger partial charge in [0.05, 0.1) is 6.20 Å². The van der Waals surface area contributed by atoms with Gasteiger partial charge in [0.1, 0.15) is 11.0 Å². The number of rotatable bonds is 7. The number of halogens is 1. The molecule has 1 saturated heterocycles. The predicted molar refractivity (Wildman–Crippen MR) is 93.8 cm³/mol. The minimum Gasteiger partial charge on any atom is -0.343 e. The second kappa shape index (κ2) is 8.69. The fourth-order valence-corrected chi connectivity index (χ4v) is 3.38. The molecule has 0 bridgehead atoms. The molecule has 0 N–H and O–H groups in total. The molecule has 0 aliphatic carbocycles. The maximum Gasteiger partial charge on any atom is 0.223 e. The van der Waals surface area contributed by atoms with Gasteiger partial charge in [0.2, 0.25) is 5.91 Å². The molecule has 1 aromatic heterocycles. The van der Waals surface area contributed by atoms with E-state index in [9.17, 15) is 4.79 Å². The molecule has 1 fully saturated rings. The van der Waals surface area contributed by atoms with E-state index in [1.165, 1.54) is 0 Å². The number of aryl methyl sites for hydroxylation is 1. The average molecular weight is 341 g/mol. The summed E-state index contributed by atoms with van der Waals surface area (Å²) < 4.78 is 2.04. The Morgan fingerprint density at radius 3 is 2.70 bits per heavy atom. The highest BCUT2D eigenvalue weighted by atomic mass is 35.5. The summed E-state index contributed by atoms with van der Waals surface area (Å²) in [7, 11) is 4.23. The van der Waals surface area contributed by atoms with Gasteiger partial charge < -0.3 is 14.4 Å². The van der Waals surface area contributed by atoms with Crippen LogP contribution in [-0.4, -0.2) is 58.5 Å². The van der Waals surface area contributed by atoms with E-state index in [1.807, 2.05) is 9.47 Å². The normalized spacial score (nSPS) is 16.3. The molecule has 1 aliphatic rings. The van der Waals surface area contributed by atoms with Crippen LogP contribution in [0, 0.1) is 0 Å². The number of hydrogen-bond donors (Lipinski definition) is 0. The first-order valence-electron chi connectivity index (χ1n) is 8.67. The second-order valence-corrected chi connectivity index (χ2v) is 6.97. The largest absolute Gasteiger partial charge is 0.343 e. The van der Waals surface area contributed by atoms with Gasteiger partial charge in [0, 0.05) is 38.5 Å². The van der Waals surface area contributed by atoms with Crippen molar-refractivity contribution in [1.82, 2.24) is 19.4 Å². The smallest absolute Gasteiger partial charge is 0.223 e. The zero-order chi connectivity index (χ0) is 16.8. The number of unbranched alkanes of at least 4 members (excludes halogenated alkanes) is 1. The molecule has 2 heterocycles. The third-order valence-corrected chi connectivity index (χ3v) is 5.04. The standard InChI is InChI=1S/C17H29ClN4O/c1-4-5-10-22-15(18)13-19-16(22)6-7-17(23)21-11-8-14(9-12-21)20(2)3/h13-14H,4-12H2,1-3H3. The summed E-state index contributed by atoms with van der Waals surface area (Å²) in [5, 5.41) is 0.674. The van der Waals surface area contributed by atoms with E-state index in [0.717, 1.165) is 51.1 Å². The van der Waals surface area contributed by atoms with Crippen molar-refractivity contribution in [1.29, 1.82) is 0 Å². The molecular formula is C17H29ClN4O. The minimum absolute atomic E-state index is 0.239. The number of imidazole rings is 1. The maximum absolute atomic E-state index is 12.4. The molecule has 1 amide bonds. The quantitative estimate of drug-likeness (QED) is 0.766. The van der Waals surface area contributed by atoms with Gasteiger partial charge in [-0.15, -0.1) is 0 Å². The molecule has 2 rings (SSSR count). The van der Waals surface area contributed by atoms with Gasteiger partial charge in [-0.1, -0.05) is 24.9 Å². The van der Waals surface area contributed by atoms with E-state index >= 15 is 0 Å². The molecule has 0 saturated carbocycles. The molecule has 0 unspecified atom stereocenters. The van der Waals surface area contributed by atoms with Gasteiger partial charge >= 0.3 is 0 Å². The molecule has 5 nitrogen and oxygen atoms in total. The number of carbonyl (C=O) groups excluding carboxylic acids is 1. The van der Waals surface area contributed by atoms with Crippen molar-refractivity contribution in [2.24, 2.45) is 0 Å². The molecule has 130 valence electrons. The van der Waals surface area contributed by atoms with Crippen molar-refractivity contribution in [2.75, 3.05) is 27.2 Å². The SMILES string of the molecule is CCCCn1c(Cl)cnc1CCC(=O)N1CCC(N(C)C)CC1. The predicted octanol–water partition coefficient (Wildman–Crippen LogP) is 2.82. The number of nitrogens with zero attached hydrogens (tertiary/aromatic N) is 4. The highest BCUT2D eigenvalue weighted by Crippen LogP contribution is 2.17. The molecule has 0 atom stereocenters. The van der Waals surface area contributed by atoms with Crippen molar-refractivity contribution in [3.8, 4) is 0 Å². The van der Waals surface area contributed by atoms with Gasteiger partial charge in [-0.25, -0.2) is 4.98 Å². The van der Waals surface area contributed by atoms with Gasteiger partial charge in [-0.2, -0.15) is 0 Å². The first kappa shape index (κ1) is 18.3. The highest BCUT2D eigenvalue weighted by Gasteiger charge is 2.23. The summed E-state index contributed by atoms with van der Waals surface area (Å²) in [6.45, 7) is 4.78. The summed E-state index contributed by atoms with van der Waals surface area (Å²) in [5.74, 6) is 1.17. The molecular weight excluding hydrogens is 312 g/mol. The van der Waals surface area contributed by atoms with E-state index in [4.69, 9.17) is 11.6 Å². The van der Waals surface area contributed by atoms with Crippen molar-refractivity contribution >= 4 is 17.5 Å². The fraction of sp³-hybridized carbons (Fsp3) is 0.765. The molecule has 1 aliphatic heterocycles. The van der Waals surface area contributed by atoms with Crippen LogP contribution in [0.15, 0.2) is 6.20 Å². The van der Waals surface area contributed by atoms with Crippen LogP contribution in [0.3, 0.4) is 0 Å². The van der Waals surface area contributed by atoms with Gasteiger partial charge in [-0.05, 0) is 33.4 Å². The van der Waals surface area contributed by atoms with Gasteiger partial charge in [0.25, 0.3) is 0 Å². The van der Waals surface area contributed by atoms with Crippen LogP contribution in [0.2, 0.25) is 5.15 Å². The second-order valence-electron chi connectivity index (χ2n) is 6.58. The lowest BCUT2D eigenvalue weighted by molar-refractivity contribution is -0.132. The van der Waals surface area contributed by atoms with E-state index in [0.29, 0.717) is 24.0 Å². The molecule has 0 spiro atoms. The molecule has 23 heavy (non-hydrogen) atoms. The van der Waals surface area contributed by atoms with E-state index in [2.05, 4.69) is 30.9 Å². The van der Waals surface area contributed by atoms with Crippen molar-refractivity contribution < 1.29 is 4.79 Å². The van der Waals surface area contributed by atoms with Crippen LogP contribution in [0.4, 0.5) is 0 Å². The molecule has 0 radical (unpaired) electrons. The number of likely N-dealkylation sites (tertiary alicyclic amines) is 1.